The van der Waals surface area contributed by atoms with Crippen molar-refractivity contribution in [3.63, 3.8) is 0 Å². The summed E-state index contributed by atoms with van der Waals surface area (Å²) in [4.78, 5) is 0. The zero-order valence-corrected chi connectivity index (χ0v) is 11.1. The molecule has 0 fully saturated rings. The van der Waals surface area contributed by atoms with Crippen LogP contribution in [0.4, 0.5) is 0 Å². The normalized spacial score (nSPS) is 9.00. The van der Waals surface area contributed by atoms with E-state index in [1.807, 2.05) is 0 Å². The molecule has 0 amide bonds. The number of benzene rings is 1. The molecule has 0 saturated carbocycles. The zero-order valence-electron chi connectivity index (χ0n) is 5.70. The Bertz CT molecular complexity index is 214. The Labute approximate surface area is 122 Å². The van der Waals surface area contributed by atoms with E-state index in [1.54, 1.807) is 0 Å². The fourth-order valence-electron chi connectivity index (χ4n) is 0.504. The molecule has 11 heavy (non-hydrogen) atoms. The molecule has 0 aliphatic rings. The fourth-order valence-corrected chi connectivity index (χ4v) is 1.04. The van der Waals surface area contributed by atoms with E-state index in [-0.39, 0.29) is 67.2 Å². The SMILES string of the molecule is [K+].[O-]c1cc(Cl)c(Cl)cc1Cl. The van der Waals surface area contributed by atoms with Crippen molar-refractivity contribution in [3.05, 3.63) is 27.2 Å². The third-order valence-corrected chi connectivity index (χ3v) is 1.99. The maximum absolute atomic E-state index is 10.7. The molecule has 0 heterocycles. The minimum atomic E-state index is -0.309. The first-order valence-electron chi connectivity index (χ1n) is 2.43. The predicted octanol–water partition coefficient (Wildman–Crippen LogP) is -0.276. The van der Waals surface area contributed by atoms with E-state index < -0.39 is 0 Å². The summed E-state index contributed by atoms with van der Waals surface area (Å²) in [6.45, 7) is 0. The first kappa shape index (κ1) is 12.5. The van der Waals surface area contributed by atoms with Gasteiger partial charge in [-0.1, -0.05) is 40.6 Å². The van der Waals surface area contributed by atoms with Crippen LogP contribution < -0.4 is 56.5 Å². The minimum absolute atomic E-state index is 0. The van der Waals surface area contributed by atoms with Crippen LogP contribution >= 0.6 is 34.8 Å². The molecule has 0 saturated heterocycles. The quantitative estimate of drug-likeness (QED) is 0.448. The number of hydrogen-bond acceptors (Lipinski definition) is 1. The van der Waals surface area contributed by atoms with Crippen molar-refractivity contribution in [3.8, 4) is 5.75 Å². The van der Waals surface area contributed by atoms with Gasteiger partial charge in [0.15, 0.2) is 0 Å². The predicted molar refractivity (Wildman–Crippen MR) is 40.9 cm³/mol. The van der Waals surface area contributed by atoms with Gasteiger partial charge in [0.25, 0.3) is 0 Å². The van der Waals surface area contributed by atoms with Crippen LogP contribution in [-0.2, 0) is 0 Å². The Morgan fingerprint density at radius 1 is 0.909 bits per heavy atom. The van der Waals surface area contributed by atoms with Gasteiger partial charge >= 0.3 is 51.4 Å². The largest absolute Gasteiger partial charge is 1.00 e. The Hall–Kier alpha value is 1.53. The maximum atomic E-state index is 10.7. The Kier molecular flexibility index (Phi) is 6.03. The van der Waals surface area contributed by atoms with Gasteiger partial charge < -0.3 is 5.11 Å². The van der Waals surface area contributed by atoms with E-state index in [4.69, 9.17) is 34.8 Å². The summed E-state index contributed by atoms with van der Waals surface area (Å²) in [5.74, 6) is -0.309. The van der Waals surface area contributed by atoms with Crippen molar-refractivity contribution >= 4 is 34.8 Å². The summed E-state index contributed by atoms with van der Waals surface area (Å²) in [5.41, 5.74) is 0. The van der Waals surface area contributed by atoms with E-state index in [2.05, 4.69) is 0 Å². The van der Waals surface area contributed by atoms with Crippen LogP contribution in [0.1, 0.15) is 0 Å². The molecule has 0 radical (unpaired) electrons. The molecule has 0 spiro atoms. The zero-order chi connectivity index (χ0) is 7.72. The molecule has 0 atom stereocenters. The average Bonchev–Trinajstić information content (AvgIpc) is 1.84. The van der Waals surface area contributed by atoms with Gasteiger partial charge in [-0.05, 0) is 12.1 Å². The van der Waals surface area contributed by atoms with Crippen LogP contribution in [0.15, 0.2) is 12.1 Å². The molecule has 0 aromatic heterocycles. The van der Waals surface area contributed by atoms with E-state index in [1.165, 1.54) is 12.1 Å². The van der Waals surface area contributed by atoms with Crippen molar-refractivity contribution in [2.45, 2.75) is 0 Å². The van der Waals surface area contributed by atoms with Crippen molar-refractivity contribution in [1.29, 1.82) is 0 Å². The van der Waals surface area contributed by atoms with E-state index >= 15 is 0 Å². The van der Waals surface area contributed by atoms with Gasteiger partial charge in [0, 0.05) is 5.02 Å². The summed E-state index contributed by atoms with van der Waals surface area (Å²) in [7, 11) is 0. The van der Waals surface area contributed by atoms with Crippen LogP contribution in [-0.4, -0.2) is 0 Å². The van der Waals surface area contributed by atoms with Gasteiger partial charge in [0.2, 0.25) is 0 Å². The first-order valence-corrected chi connectivity index (χ1v) is 3.56. The van der Waals surface area contributed by atoms with E-state index in [9.17, 15) is 5.11 Å². The average molecular weight is 236 g/mol. The summed E-state index contributed by atoms with van der Waals surface area (Å²) >= 11 is 16.5. The molecule has 0 aliphatic heterocycles. The van der Waals surface area contributed by atoms with Crippen LogP contribution in [0.5, 0.6) is 5.75 Å². The molecule has 0 aliphatic carbocycles. The van der Waals surface area contributed by atoms with Gasteiger partial charge in [0.05, 0.1) is 10.0 Å². The van der Waals surface area contributed by atoms with E-state index in [0.29, 0.717) is 5.02 Å². The van der Waals surface area contributed by atoms with Crippen LogP contribution in [0, 0.1) is 0 Å². The first-order chi connectivity index (χ1) is 4.61. The van der Waals surface area contributed by atoms with Gasteiger partial charge in [-0.25, -0.2) is 0 Å². The van der Waals surface area contributed by atoms with E-state index in [0.717, 1.165) is 0 Å². The molecule has 1 aromatic carbocycles. The van der Waals surface area contributed by atoms with Crippen molar-refractivity contribution < 1.29 is 56.5 Å². The second-order valence-electron chi connectivity index (χ2n) is 1.70. The van der Waals surface area contributed by atoms with Gasteiger partial charge in [-0.3, -0.25) is 0 Å². The fraction of sp³-hybridized carbons (Fsp3) is 0. The molecular weight excluding hydrogens is 234 g/mol. The standard InChI is InChI=1S/C6H3Cl3O.K/c7-3-1-5(9)6(10)2-4(3)8;/h1-2,10H;/q;+1/p-1. The van der Waals surface area contributed by atoms with Crippen LogP contribution in [0.3, 0.4) is 0 Å². The molecular formula is C6H2Cl3KO. The van der Waals surface area contributed by atoms with Crippen LogP contribution in [0.25, 0.3) is 0 Å². The number of halogens is 3. The van der Waals surface area contributed by atoms with Gasteiger partial charge in [-0.15, -0.1) is 0 Å². The third-order valence-electron chi connectivity index (χ3n) is 0.975. The summed E-state index contributed by atoms with van der Waals surface area (Å²) in [6, 6.07) is 2.51. The molecule has 54 valence electrons. The van der Waals surface area contributed by atoms with Gasteiger partial charge in [0.1, 0.15) is 0 Å². The number of rotatable bonds is 0. The Morgan fingerprint density at radius 2 is 1.36 bits per heavy atom. The second-order valence-corrected chi connectivity index (χ2v) is 2.92. The second kappa shape index (κ2) is 5.30. The minimum Gasteiger partial charge on any atom is -0.871 e. The topological polar surface area (TPSA) is 23.1 Å². The molecule has 0 bridgehead atoms. The Balaban J connectivity index is 0.000001000. The monoisotopic (exact) mass is 234 g/mol. The summed E-state index contributed by atoms with van der Waals surface area (Å²) in [6.07, 6.45) is 0. The molecule has 1 rings (SSSR count). The van der Waals surface area contributed by atoms with Crippen molar-refractivity contribution in [2.24, 2.45) is 0 Å². The summed E-state index contributed by atoms with van der Waals surface area (Å²) in [5, 5.41) is 11.3. The van der Waals surface area contributed by atoms with Gasteiger partial charge in [-0.2, -0.15) is 0 Å². The smallest absolute Gasteiger partial charge is 0.871 e. The molecule has 0 unspecified atom stereocenters. The number of hydrogen-bond donors (Lipinski definition) is 0. The van der Waals surface area contributed by atoms with Crippen LogP contribution in [0.2, 0.25) is 15.1 Å². The molecule has 1 nitrogen and oxygen atoms in total. The molecule has 0 N–H and O–H groups in total. The molecule has 1 aromatic rings. The molecule has 5 heteroatoms. The summed E-state index contributed by atoms with van der Waals surface area (Å²) < 4.78 is 0. The maximum Gasteiger partial charge on any atom is 1.00 e. The van der Waals surface area contributed by atoms with Crippen molar-refractivity contribution in [2.75, 3.05) is 0 Å². The Morgan fingerprint density at radius 3 is 1.82 bits per heavy atom. The third kappa shape index (κ3) is 3.41. The van der Waals surface area contributed by atoms with Crippen molar-refractivity contribution in [1.82, 2.24) is 0 Å².